The predicted molar refractivity (Wildman–Crippen MR) is 70.0 cm³/mol. The SMILES string of the molecule is Cc1cc(-c2nnc(CCCCC(=O)O)o2)c(C)nn1. The van der Waals surface area contributed by atoms with Gasteiger partial charge in [-0.05, 0) is 32.8 Å². The molecule has 2 rings (SSSR count). The van der Waals surface area contributed by atoms with Crippen LogP contribution in [0.3, 0.4) is 0 Å². The van der Waals surface area contributed by atoms with E-state index in [1.807, 2.05) is 19.9 Å². The van der Waals surface area contributed by atoms with Crippen LogP contribution in [0.25, 0.3) is 11.5 Å². The van der Waals surface area contributed by atoms with E-state index in [9.17, 15) is 4.79 Å². The van der Waals surface area contributed by atoms with Gasteiger partial charge in [-0.2, -0.15) is 10.2 Å². The van der Waals surface area contributed by atoms with Crippen LogP contribution in [0.1, 0.15) is 36.5 Å². The molecule has 0 fully saturated rings. The Kier molecular flexibility index (Phi) is 4.39. The molecule has 0 aromatic carbocycles. The lowest BCUT2D eigenvalue weighted by Crippen LogP contribution is -1.95. The lowest BCUT2D eigenvalue weighted by Gasteiger charge is -1.99. The number of carboxylic acid groups (broad SMARTS) is 1. The highest BCUT2D eigenvalue weighted by molar-refractivity contribution is 5.66. The minimum absolute atomic E-state index is 0.160. The lowest BCUT2D eigenvalue weighted by molar-refractivity contribution is -0.137. The molecular weight excluding hydrogens is 260 g/mol. The molecule has 0 atom stereocenters. The van der Waals surface area contributed by atoms with Crippen molar-refractivity contribution in [3.05, 3.63) is 23.3 Å². The number of aliphatic carboxylic acids is 1. The van der Waals surface area contributed by atoms with Crippen LogP contribution in [0.15, 0.2) is 10.5 Å². The number of rotatable bonds is 6. The summed E-state index contributed by atoms with van der Waals surface area (Å²) in [7, 11) is 0. The third kappa shape index (κ3) is 3.59. The highest BCUT2D eigenvalue weighted by Gasteiger charge is 2.12. The summed E-state index contributed by atoms with van der Waals surface area (Å²) in [5.41, 5.74) is 2.30. The van der Waals surface area contributed by atoms with Crippen LogP contribution in [-0.2, 0) is 11.2 Å². The second kappa shape index (κ2) is 6.23. The third-order valence-electron chi connectivity index (χ3n) is 2.83. The molecule has 2 aromatic heterocycles. The average molecular weight is 276 g/mol. The van der Waals surface area contributed by atoms with Gasteiger partial charge < -0.3 is 9.52 Å². The molecule has 0 saturated carbocycles. The van der Waals surface area contributed by atoms with Crippen molar-refractivity contribution >= 4 is 5.97 Å². The Labute approximate surface area is 116 Å². The summed E-state index contributed by atoms with van der Waals surface area (Å²) in [5.74, 6) is 0.151. The summed E-state index contributed by atoms with van der Waals surface area (Å²) in [5, 5.41) is 24.5. The Bertz CT molecular complexity index is 609. The predicted octanol–water partition coefficient (Wildman–Crippen LogP) is 1.94. The Morgan fingerprint density at radius 3 is 2.75 bits per heavy atom. The van der Waals surface area contributed by atoms with Gasteiger partial charge in [0.2, 0.25) is 11.8 Å². The number of carbonyl (C=O) groups is 1. The van der Waals surface area contributed by atoms with Crippen LogP contribution < -0.4 is 0 Å². The van der Waals surface area contributed by atoms with E-state index in [4.69, 9.17) is 9.52 Å². The van der Waals surface area contributed by atoms with E-state index < -0.39 is 5.97 Å². The van der Waals surface area contributed by atoms with Crippen molar-refractivity contribution in [2.24, 2.45) is 0 Å². The van der Waals surface area contributed by atoms with Crippen molar-refractivity contribution in [1.29, 1.82) is 0 Å². The Hall–Kier alpha value is -2.31. The van der Waals surface area contributed by atoms with Gasteiger partial charge in [-0.25, -0.2) is 0 Å². The van der Waals surface area contributed by atoms with Gasteiger partial charge in [0.05, 0.1) is 17.0 Å². The molecule has 0 bridgehead atoms. The Morgan fingerprint density at radius 1 is 1.20 bits per heavy atom. The quantitative estimate of drug-likeness (QED) is 0.804. The van der Waals surface area contributed by atoms with Gasteiger partial charge in [-0.3, -0.25) is 4.79 Å². The normalized spacial score (nSPS) is 10.7. The zero-order valence-corrected chi connectivity index (χ0v) is 11.5. The molecule has 7 heteroatoms. The summed E-state index contributed by atoms with van der Waals surface area (Å²) >= 11 is 0. The molecule has 0 aliphatic heterocycles. The first-order valence-corrected chi connectivity index (χ1v) is 6.41. The average Bonchev–Trinajstić information content (AvgIpc) is 2.86. The molecule has 106 valence electrons. The highest BCUT2D eigenvalue weighted by atomic mass is 16.4. The van der Waals surface area contributed by atoms with Crippen LogP contribution in [0.2, 0.25) is 0 Å². The molecule has 0 aliphatic carbocycles. The minimum atomic E-state index is -0.787. The molecular formula is C13H16N4O3. The van der Waals surface area contributed by atoms with E-state index in [2.05, 4.69) is 20.4 Å². The fourth-order valence-electron chi connectivity index (χ4n) is 1.78. The van der Waals surface area contributed by atoms with Gasteiger partial charge in [0.1, 0.15) is 0 Å². The summed E-state index contributed by atoms with van der Waals surface area (Å²) in [6, 6.07) is 1.85. The first-order chi connectivity index (χ1) is 9.56. The second-order valence-electron chi connectivity index (χ2n) is 4.59. The van der Waals surface area contributed by atoms with E-state index in [1.165, 1.54) is 0 Å². The molecule has 0 saturated heterocycles. The van der Waals surface area contributed by atoms with Crippen molar-refractivity contribution in [2.75, 3.05) is 0 Å². The van der Waals surface area contributed by atoms with Gasteiger partial charge in [0.15, 0.2) is 0 Å². The van der Waals surface area contributed by atoms with Crippen LogP contribution in [-0.4, -0.2) is 31.5 Å². The van der Waals surface area contributed by atoms with Crippen LogP contribution >= 0.6 is 0 Å². The topological polar surface area (TPSA) is 102 Å². The van der Waals surface area contributed by atoms with Gasteiger partial charge in [-0.1, -0.05) is 0 Å². The van der Waals surface area contributed by atoms with Crippen molar-refractivity contribution in [3.63, 3.8) is 0 Å². The monoisotopic (exact) mass is 276 g/mol. The Morgan fingerprint density at radius 2 is 2.00 bits per heavy atom. The molecule has 0 amide bonds. The fraction of sp³-hybridized carbons (Fsp3) is 0.462. The van der Waals surface area contributed by atoms with E-state index in [1.54, 1.807) is 0 Å². The number of aryl methyl sites for hydroxylation is 3. The van der Waals surface area contributed by atoms with Gasteiger partial charge in [0, 0.05) is 12.8 Å². The van der Waals surface area contributed by atoms with Crippen molar-refractivity contribution in [3.8, 4) is 11.5 Å². The highest BCUT2D eigenvalue weighted by Crippen LogP contribution is 2.21. The number of aromatic nitrogens is 4. The second-order valence-corrected chi connectivity index (χ2v) is 4.59. The number of nitrogens with zero attached hydrogens (tertiary/aromatic N) is 4. The van der Waals surface area contributed by atoms with Crippen LogP contribution in [0.4, 0.5) is 0 Å². The molecule has 7 nitrogen and oxygen atoms in total. The van der Waals surface area contributed by atoms with E-state index in [0.717, 1.165) is 17.0 Å². The smallest absolute Gasteiger partial charge is 0.303 e. The van der Waals surface area contributed by atoms with Crippen molar-refractivity contribution < 1.29 is 14.3 Å². The van der Waals surface area contributed by atoms with Gasteiger partial charge in [-0.15, -0.1) is 10.2 Å². The summed E-state index contributed by atoms with van der Waals surface area (Å²) in [6.07, 6.45) is 2.05. The number of carboxylic acids is 1. The maximum Gasteiger partial charge on any atom is 0.303 e. The summed E-state index contributed by atoms with van der Waals surface area (Å²) in [6.45, 7) is 3.68. The third-order valence-corrected chi connectivity index (χ3v) is 2.83. The lowest BCUT2D eigenvalue weighted by atomic mass is 10.2. The van der Waals surface area contributed by atoms with E-state index >= 15 is 0 Å². The molecule has 0 spiro atoms. The summed E-state index contributed by atoms with van der Waals surface area (Å²) < 4.78 is 5.58. The number of unbranched alkanes of at least 4 members (excludes halogenated alkanes) is 1. The minimum Gasteiger partial charge on any atom is -0.481 e. The number of hydrogen-bond donors (Lipinski definition) is 1. The molecule has 1 N–H and O–H groups in total. The molecule has 2 aromatic rings. The number of hydrogen-bond acceptors (Lipinski definition) is 6. The first-order valence-electron chi connectivity index (χ1n) is 6.41. The van der Waals surface area contributed by atoms with Crippen LogP contribution in [0, 0.1) is 13.8 Å². The molecule has 0 aliphatic rings. The molecule has 0 radical (unpaired) electrons. The zero-order chi connectivity index (χ0) is 14.5. The van der Waals surface area contributed by atoms with Gasteiger partial charge >= 0.3 is 5.97 Å². The maximum absolute atomic E-state index is 10.4. The summed E-state index contributed by atoms with van der Waals surface area (Å²) in [4.78, 5) is 10.4. The standard InChI is InChI=1S/C13H16N4O3/c1-8-7-10(9(2)15-14-8)13-17-16-11(20-13)5-3-4-6-12(18)19/h7H,3-6H2,1-2H3,(H,18,19). The molecule has 0 unspecified atom stereocenters. The zero-order valence-electron chi connectivity index (χ0n) is 11.5. The molecule has 2 heterocycles. The van der Waals surface area contributed by atoms with Crippen molar-refractivity contribution in [2.45, 2.75) is 39.5 Å². The van der Waals surface area contributed by atoms with Gasteiger partial charge in [0.25, 0.3) is 0 Å². The van der Waals surface area contributed by atoms with Crippen LogP contribution in [0.5, 0.6) is 0 Å². The fourth-order valence-corrected chi connectivity index (χ4v) is 1.78. The largest absolute Gasteiger partial charge is 0.481 e. The molecule has 20 heavy (non-hydrogen) atoms. The van der Waals surface area contributed by atoms with Crippen molar-refractivity contribution in [1.82, 2.24) is 20.4 Å². The first kappa shape index (κ1) is 14.1. The van der Waals surface area contributed by atoms with E-state index in [0.29, 0.717) is 31.0 Å². The maximum atomic E-state index is 10.4. The Balaban J connectivity index is 2.01. The van der Waals surface area contributed by atoms with E-state index in [-0.39, 0.29) is 6.42 Å².